The second kappa shape index (κ2) is 5.88. The summed E-state index contributed by atoms with van der Waals surface area (Å²) in [6.07, 6.45) is 7.13. The largest absolute Gasteiger partial charge is 0.243 e. The number of likely N-dealkylation sites (N-methyl/N-ethyl adjacent to an activating group) is 1. The van der Waals surface area contributed by atoms with Crippen molar-refractivity contribution in [1.82, 2.24) is 4.31 Å². The number of allylic oxidation sites excluding steroid dienone is 1. The van der Waals surface area contributed by atoms with Gasteiger partial charge in [-0.1, -0.05) is 36.8 Å². The summed E-state index contributed by atoms with van der Waals surface area (Å²) in [6, 6.07) is 7.08. The summed E-state index contributed by atoms with van der Waals surface area (Å²) in [5.74, 6) is 0. The van der Waals surface area contributed by atoms with Gasteiger partial charge in [-0.25, -0.2) is 8.42 Å². The van der Waals surface area contributed by atoms with E-state index in [4.69, 9.17) is 0 Å². The van der Waals surface area contributed by atoms with E-state index in [2.05, 4.69) is 6.08 Å². The maximum Gasteiger partial charge on any atom is 0.243 e. The van der Waals surface area contributed by atoms with Crippen molar-refractivity contribution >= 4 is 10.0 Å². The maximum absolute atomic E-state index is 12.7. The molecule has 2 rings (SSSR count). The average molecular weight is 279 g/mol. The number of aryl methyl sites for hydroxylation is 1. The molecule has 0 saturated carbocycles. The molecule has 0 bridgehead atoms. The second-order valence-electron chi connectivity index (χ2n) is 4.95. The molecule has 1 aromatic rings. The zero-order chi connectivity index (χ0) is 13.9. The lowest BCUT2D eigenvalue weighted by molar-refractivity contribution is 0.349. The monoisotopic (exact) mass is 279 g/mol. The highest BCUT2D eigenvalue weighted by Crippen LogP contribution is 2.24. The van der Waals surface area contributed by atoms with Crippen LogP contribution in [-0.4, -0.2) is 25.3 Å². The molecule has 0 fully saturated rings. The molecule has 0 aromatic heterocycles. The van der Waals surface area contributed by atoms with Gasteiger partial charge in [0.25, 0.3) is 0 Å². The quantitative estimate of drug-likeness (QED) is 0.794. The Morgan fingerprint density at radius 2 is 1.95 bits per heavy atom. The molecule has 0 radical (unpaired) electrons. The number of rotatable bonds is 4. The van der Waals surface area contributed by atoms with Crippen molar-refractivity contribution in [1.29, 1.82) is 0 Å². The highest BCUT2D eigenvalue weighted by molar-refractivity contribution is 7.89. The first-order chi connectivity index (χ1) is 9.05. The minimum atomic E-state index is -3.39. The predicted molar refractivity (Wildman–Crippen MR) is 77.5 cm³/mol. The Balaban J connectivity index is 2.32. The number of nitrogens with zero attached hydrogens (tertiary/aromatic N) is 1. The van der Waals surface area contributed by atoms with E-state index in [0.29, 0.717) is 11.4 Å². The summed E-state index contributed by atoms with van der Waals surface area (Å²) in [7, 11) is -3.39. The summed E-state index contributed by atoms with van der Waals surface area (Å²) in [5.41, 5.74) is 1.07. The lowest BCUT2D eigenvalue weighted by Gasteiger charge is -2.29. The third kappa shape index (κ3) is 3.07. The van der Waals surface area contributed by atoms with Crippen LogP contribution < -0.4 is 0 Å². The Hall–Kier alpha value is -1.13. The highest BCUT2D eigenvalue weighted by atomic mass is 32.2. The van der Waals surface area contributed by atoms with Gasteiger partial charge in [0, 0.05) is 12.6 Å². The smallest absolute Gasteiger partial charge is 0.207 e. The lowest BCUT2D eigenvalue weighted by Crippen LogP contribution is -2.39. The van der Waals surface area contributed by atoms with E-state index >= 15 is 0 Å². The van der Waals surface area contributed by atoms with Crippen molar-refractivity contribution in [3.8, 4) is 0 Å². The first-order valence-corrected chi connectivity index (χ1v) is 8.25. The van der Waals surface area contributed by atoms with E-state index in [1.807, 2.05) is 32.1 Å². The fraction of sp³-hybridized carbons (Fsp3) is 0.467. The summed E-state index contributed by atoms with van der Waals surface area (Å²) < 4.78 is 26.9. The Morgan fingerprint density at radius 3 is 2.47 bits per heavy atom. The van der Waals surface area contributed by atoms with E-state index in [1.54, 1.807) is 16.4 Å². The first-order valence-electron chi connectivity index (χ1n) is 6.81. The van der Waals surface area contributed by atoms with Gasteiger partial charge in [0.2, 0.25) is 10.0 Å². The van der Waals surface area contributed by atoms with E-state index in [0.717, 1.165) is 24.8 Å². The van der Waals surface area contributed by atoms with Crippen LogP contribution in [-0.2, 0) is 10.0 Å². The topological polar surface area (TPSA) is 37.4 Å². The molecule has 0 heterocycles. The minimum absolute atomic E-state index is 0.00468. The molecule has 19 heavy (non-hydrogen) atoms. The zero-order valence-electron chi connectivity index (χ0n) is 11.5. The molecule has 3 nitrogen and oxygen atoms in total. The van der Waals surface area contributed by atoms with E-state index in [9.17, 15) is 8.42 Å². The van der Waals surface area contributed by atoms with Crippen LogP contribution in [0.3, 0.4) is 0 Å². The molecule has 0 spiro atoms. The van der Waals surface area contributed by atoms with Gasteiger partial charge in [-0.2, -0.15) is 4.31 Å². The molecule has 1 aromatic carbocycles. The fourth-order valence-electron chi connectivity index (χ4n) is 2.46. The SMILES string of the molecule is CCN(C1C=CCCC1)S(=O)(=O)c1ccc(C)cc1. The Kier molecular flexibility index (Phi) is 4.42. The van der Waals surface area contributed by atoms with Gasteiger partial charge in [0.05, 0.1) is 4.90 Å². The third-order valence-corrected chi connectivity index (χ3v) is 5.55. The highest BCUT2D eigenvalue weighted by Gasteiger charge is 2.29. The van der Waals surface area contributed by atoms with E-state index in [-0.39, 0.29) is 6.04 Å². The average Bonchev–Trinajstić information content (AvgIpc) is 2.41. The molecule has 0 N–H and O–H groups in total. The fourth-order valence-corrected chi connectivity index (χ4v) is 4.09. The van der Waals surface area contributed by atoms with Crippen LogP contribution >= 0.6 is 0 Å². The molecule has 1 atom stereocenters. The van der Waals surface area contributed by atoms with Gasteiger partial charge in [-0.05, 0) is 38.3 Å². The Labute approximate surface area is 116 Å². The van der Waals surface area contributed by atoms with Crippen LogP contribution in [0.4, 0.5) is 0 Å². The van der Waals surface area contributed by atoms with Gasteiger partial charge in [0.15, 0.2) is 0 Å². The summed E-state index contributed by atoms with van der Waals surface area (Å²) in [5, 5.41) is 0. The number of benzene rings is 1. The van der Waals surface area contributed by atoms with Gasteiger partial charge < -0.3 is 0 Å². The Bertz CT molecular complexity index is 546. The van der Waals surface area contributed by atoms with Gasteiger partial charge in [-0.3, -0.25) is 0 Å². The number of hydrogen-bond acceptors (Lipinski definition) is 2. The zero-order valence-corrected chi connectivity index (χ0v) is 12.4. The van der Waals surface area contributed by atoms with Crippen LogP contribution in [0, 0.1) is 6.92 Å². The normalized spacial score (nSPS) is 19.8. The summed E-state index contributed by atoms with van der Waals surface area (Å²) in [4.78, 5) is 0.388. The van der Waals surface area contributed by atoms with Gasteiger partial charge >= 0.3 is 0 Å². The first kappa shape index (κ1) is 14.3. The summed E-state index contributed by atoms with van der Waals surface area (Å²) in [6.45, 7) is 4.36. The van der Waals surface area contributed by atoms with Crippen LogP contribution in [0.25, 0.3) is 0 Å². The van der Waals surface area contributed by atoms with Crippen molar-refractivity contribution in [2.45, 2.75) is 44.0 Å². The van der Waals surface area contributed by atoms with E-state index < -0.39 is 10.0 Å². The molecular formula is C15H21NO2S. The molecular weight excluding hydrogens is 258 g/mol. The van der Waals surface area contributed by atoms with Crippen molar-refractivity contribution in [2.24, 2.45) is 0 Å². The van der Waals surface area contributed by atoms with Crippen LogP contribution in [0.2, 0.25) is 0 Å². The van der Waals surface area contributed by atoms with Crippen molar-refractivity contribution in [2.75, 3.05) is 6.54 Å². The molecule has 4 heteroatoms. The standard InChI is InChI=1S/C15H21NO2S/c1-3-16(14-7-5-4-6-8-14)19(17,18)15-11-9-13(2)10-12-15/h5,7,9-12,14H,3-4,6,8H2,1-2H3. The maximum atomic E-state index is 12.7. The van der Waals surface area contributed by atoms with Gasteiger partial charge in [0.1, 0.15) is 0 Å². The molecule has 0 saturated heterocycles. The molecule has 0 aliphatic heterocycles. The van der Waals surface area contributed by atoms with Crippen LogP contribution in [0.5, 0.6) is 0 Å². The molecule has 1 unspecified atom stereocenters. The minimum Gasteiger partial charge on any atom is -0.207 e. The number of sulfonamides is 1. The second-order valence-corrected chi connectivity index (χ2v) is 6.84. The molecule has 1 aliphatic carbocycles. The van der Waals surface area contributed by atoms with Crippen molar-refractivity contribution in [3.63, 3.8) is 0 Å². The third-order valence-electron chi connectivity index (χ3n) is 3.54. The lowest BCUT2D eigenvalue weighted by atomic mass is 10.0. The van der Waals surface area contributed by atoms with E-state index in [1.165, 1.54) is 0 Å². The van der Waals surface area contributed by atoms with Crippen molar-refractivity contribution in [3.05, 3.63) is 42.0 Å². The van der Waals surface area contributed by atoms with Crippen molar-refractivity contribution < 1.29 is 8.42 Å². The number of hydrogen-bond donors (Lipinski definition) is 0. The molecule has 104 valence electrons. The Morgan fingerprint density at radius 1 is 1.26 bits per heavy atom. The molecule has 1 aliphatic rings. The van der Waals surface area contributed by atoms with Gasteiger partial charge in [-0.15, -0.1) is 0 Å². The summed E-state index contributed by atoms with van der Waals surface area (Å²) >= 11 is 0. The predicted octanol–water partition coefficient (Wildman–Crippen LogP) is 3.11. The van der Waals surface area contributed by atoms with Crippen LogP contribution in [0.1, 0.15) is 31.7 Å². The molecule has 0 amide bonds. The van der Waals surface area contributed by atoms with Crippen LogP contribution in [0.15, 0.2) is 41.3 Å².